The van der Waals surface area contributed by atoms with E-state index in [2.05, 4.69) is 10.1 Å². The van der Waals surface area contributed by atoms with Crippen LogP contribution in [0.25, 0.3) is 33.7 Å². The topological polar surface area (TPSA) is 69.6 Å². The molecule has 5 rings (SSSR count). The molecule has 0 saturated carbocycles. The number of halogens is 2. The summed E-state index contributed by atoms with van der Waals surface area (Å²) in [6.45, 7) is 0. The van der Waals surface area contributed by atoms with Gasteiger partial charge in [0.2, 0.25) is 4.96 Å². The number of hydrogen-bond acceptors (Lipinski definition) is 6. The van der Waals surface area contributed by atoms with Gasteiger partial charge in [-0.2, -0.15) is 9.50 Å². The molecule has 6 nitrogen and oxygen atoms in total. The fraction of sp³-hybridized carbons (Fsp3) is 0.0455. The first-order valence-corrected chi connectivity index (χ1v) is 10.7. The lowest BCUT2D eigenvalue weighted by atomic mass is 10.2. The highest BCUT2D eigenvalue weighted by molar-refractivity contribution is 7.15. The van der Waals surface area contributed by atoms with Gasteiger partial charge in [-0.25, -0.2) is 0 Å². The van der Waals surface area contributed by atoms with E-state index in [0.717, 1.165) is 11.3 Å². The van der Waals surface area contributed by atoms with E-state index in [1.165, 1.54) is 15.9 Å². The second-order valence-corrected chi connectivity index (χ2v) is 8.37. The molecule has 0 fully saturated rings. The fourth-order valence-corrected chi connectivity index (χ4v) is 4.38. The lowest BCUT2D eigenvalue weighted by molar-refractivity contribution is 0.415. The van der Waals surface area contributed by atoms with Crippen LogP contribution in [0.4, 0.5) is 0 Å². The van der Waals surface area contributed by atoms with Crippen molar-refractivity contribution in [3.05, 3.63) is 85.3 Å². The number of thiazole rings is 1. The lowest BCUT2D eigenvalue weighted by Gasteiger charge is -2.01. The van der Waals surface area contributed by atoms with E-state index in [1.54, 1.807) is 37.5 Å². The third-order valence-electron chi connectivity index (χ3n) is 4.65. The summed E-state index contributed by atoms with van der Waals surface area (Å²) in [5, 5.41) is 5.22. The molecule has 9 heteroatoms. The lowest BCUT2D eigenvalue weighted by Crippen LogP contribution is -2.23. The first-order valence-electron chi connectivity index (χ1n) is 9.13. The van der Waals surface area contributed by atoms with E-state index in [0.29, 0.717) is 42.4 Å². The van der Waals surface area contributed by atoms with Crippen molar-refractivity contribution < 1.29 is 9.15 Å². The van der Waals surface area contributed by atoms with E-state index in [-0.39, 0.29) is 5.56 Å². The molecule has 0 atom stereocenters. The predicted molar refractivity (Wildman–Crippen MR) is 122 cm³/mol. The molecule has 154 valence electrons. The second-order valence-electron chi connectivity index (χ2n) is 6.58. The standard InChI is InChI=1S/C22H13Cl2N3O3S/c1-29-13-7-5-12(6-8-13)20-25-22-27(26-20)21(28)18(31-22)11-14-9-10-17(30-14)15-3-2-4-16(23)19(15)24/h2-11H,1H3. The zero-order valence-corrected chi connectivity index (χ0v) is 18.3. The molecule has 0 radical (unpaired) electrons. The van der Waals surface area contributed by atoms with Crippen molar-refractivity contribution in [2.75, 3.05) is 7.11 Å². The first kappa shape index (κ1) is 19.8. The number of furan rings is 1. The maximum Gasteiger partial charge on any atom is 0.291 e. The Labute approximate surface area is 189 Å². The maximum absolute atomic E-state index is 12.8. The molecule has 0 aliphatic heterocycles. The molecule has 2 aromatic carbocycles. The highest BCUT2D eigenvalue weighted by Crippen LogP contribution is 2.34. The van der Waals surface area contributed by atoms with Crippen LogP contribution in [0.15, 0.2) is 63.8 Å². The molecule has 5 aromatic rings. The molecule has 0 spiro atoms. The normalized spacial score (nSPS) is 12.0. The van der Waals surface area contributed by atoms with Crippen molar-refractivity contribution in [1.82, 2.24) is 14.6 Å². The number of ether oxygens (including phenoxy) is 1. The van der Waals surface area contributed by atoms with Crippen LogP contribution in [-0.4, -0.2) is 21.7 Å². The Hall–Kier alpha value is -3.13. The Kier molecular flexibility index (Phi) is 5.02. The van der Waals surface area contributed by atoms with Gasteiger partial charge in [-0.05, 0) is 48.5 Å². The van der Waals surface area contributed by atoms with Crippen molar-refractivity contribution in [2.45, 2.75) is 0 Å². The number of benzene rings is 2. The molecule has 0 N–H and O–H groups in total. The maximum atomic E-state index is 12.8. The first-order chi connectivity index (χ1) is 15.0. The Morgan fingerprint density at radius 2 is 1.90 bits per heavy atom. The summed E-state index contributed by atoms with van der Waals surface area (Å²) in [6.07, 6.45) is 1.67. The zero-order valence-electron chi connectivity index (χ0n) is 16.0. The molecule has 3 heterocycles. The molecule has 31 heavy (non-hydrogen) atoms. The summed E-state index contributed by atoms with van der Waals surface area (Å²) in [5.74, 6) is 2.30. The molecular weight excluding hydrogens is 457 g/mol. The largest absolute Gasteiger partial charge is 0.497 e. The van der Waals surface area contributed by atoms with Crippen molar-refractivity contribution in [3.8, 4) is 28.5 Å². The molecule has 0 aliphatic rings. The summed E-state index contributed by atoms with van der Waals surface area (Å²) in [7, 11) is 1.60. The van der Waals surface area contributed by atoms with Crippen LogP contribution in [0, 0.1) is 0 Å². The zero-order chi connectivity index (χ0) is 21.5. The smallest absolute Gasteiger partial charge is 0.291 e. The minimum Gasteiger partial charge on any atom is -0.497 e. The highest BCUT2D eigenvalue weighted by Gasteiger charge is 2.14. The van der Waals surface area contributed by atoms with E-state index in [4.69, 9.17) is 32.4 Å². The number of rotatable bonds is 4. The van der Waals surface area contributed by atoms with Gasteiger partial charge in [0.15, 0.2) is 5.82 Å². The van der Waals surface area contributed by atoms with Crippen LogP contribution in [0.1, 0.15) is 5.76 Å². The van der Waals surface area contributed by atoms with E-state index >= 15 is 0 Å². The molecular formula is C22H13Cl2N3O3S. The molecule has 0 saturated heterocycles. The quantitative estimate of drug-likeness (QED) is 0.372. The van der Waals surface area contributed by atoms with Crippen molar-refractivity contribution in [3.63, 3.8) is 0 Å². The Balaban J connectivity index is 1.50. The molecule has 0 bridgehead atoms. The Morgan fingerprint density at radius 3 is 2.65 bits per heavy atom. The van der Waals surface area contributed by atoms with Gasteiger partial charge in [0, 0.05) is 17.2 Å². The summed E-state index contributed by atoms with van der Waals surface area (Å²) in [5.41, 5.74) is 1.23. The van der Waals surface area contributed by atoms with Crippen molar-refractivity contribution >= 4 is 45.6 Å². The minimum absolute atomic E-state index is 0.258. The van der Waals surface area contributed by atoms with Crippen LogP contribution in [0.3, 0.4) is 0 Å². The molecule has 3 aromatic heterocycles. The Bertz CT molecular complexity index is 1520. The van der Waals surface area contributed by atoms with Crippen LogP contribution in [0.5, 0.6) is 5.75 Å². The minimum atomic E-state index is -0.258. The van der Waals surface area contributed by atoms with E-state index in [9.17, 15) is 4.79 Å². The SMILES string of the molecule is COc1ccc(-c2nc3sc(=Cc4ccc(-c5cccc(Cl)c5Cl)o4)c(=O)n3n2)cc1. The third-order valence-corrected chi connectivity index (χ3v) is 6.43. The highest BCUT2D eigenvalue weighted by atomic mass is 35.5. The Morgan fingerprint density at radius 1 is 1.10 bits per heavy atom. The number of nitrogens with zero attached hydrogens (tertiary/aromatic N) is 3. The van der Waals surface area contributed by atoms with Crippen LogP contribution < -0.4 is 14.8 Å². The average molecular weight is 470 g/mol. The van der Waals surface area contributed by atoms with Crippen molar-refractivity contribution in [2.24, 2.45) is 0 Å². The summed E-state index contributed by atoms with van der Waals surface area (Å²) >= 11 is 13.6. The van der Waals surface area contributed by atoms with Gasteiger partial charge in [-0.3, -0.25) is 4.79 Å². The molecule has 0 unspecified atom stereocenters. The predicted octanol–water partition coefficient (Wildman–Crippen LogP) is 4.94. The monoisotopic (exact) mass is 469 g/mol. The van der Waals surface area contributed by atoms with Crippen LogP contribution in [0.2, 0.25) is 10.0 Å². The van der Waals surface area contributed by atoms with Gasteiger partial charge in [0.1, 0.15) is 21.8 Å². The van der Waals surface area contributed by atoms with Crippen LogP contribution >= 0.6 is 34.5 Å². The second kappa shape index (κ2) is 7.85. The van der Waals surface area contributed by atoms with Gasteiger partial charge < -0.3 is 9.15 Å². The summed E-state index contributed by atoms with van der Waals surface area (Å²) in [6, 6.07) is 16.2. The van der Waals surface area contributed by atoms with Gasteiger partial charge >= 0.3 is 0 Å². The number of methoxy groups -OCH3 is 1. The van der Waals surface area contributed by atoms with E-state index < -0.39 is 0 Å². The number of fused-ring (bicyclic) bond motifs is 1. The van der Waals surface area contributed by atoms with E-state index in [1.807, 2.05) is 30.3 Å². The number of aromatic nitrogens is 3. The molecule has 0 aliphatic carbocycles. The molecule has 0 amide bonds. The third kappa shape index (κ3) is 3.61. The fourth-order valence-electron chi connectivity index (χ4n) is 3.09. The summed E-state index contributed by atoms with van der Waals surface area (Å²) in [4.78, 5) is 17.8. The van der Waals surface area contributed by atoms with Gasteiger partial charge in [-0.1, -0.05) is 40.6 Å². The number of hydrogen-bond donors (Lipinski definition) is 0. The summed E-state index contributed by atoms with van der Waals surface area (Å²) < 4.78 is 12.8. The average Bonchev–Trinajstić information content (AvgIpc) is 3.48. The van der Waals surface area contributed by atoms with Gasteiger partial charge in [0.05, 0.1) is 17.2 Å². The van der Waals surface area contributed by atoms with Crippen LogP contribution in [-0.2, 0) is 0 Å². The van der Waals surface area contributed by atoms with Crippen molar-refractivity contribution in [1.29, 1.82) is 0 Å². The van der Waals surface area contributed by atoms with Gasteiger partial charge in [0.25, 0.3) is 5.56 Å². The van der Waals surface area contributed by atoms with Gasteiger partial charge in [-0.15, -0.1) is 5.10 Å².